The Hall–Kier alpha value is -3.32. The number of hydrogen-bond donors (Lipinski definition) is 2. The molecule has 0 unspecified atom stereocenters. The summed E-state index contributed by atoms with van der Waals surface area (Å²) in [5.41, 5.74) is 3.72. The number of carbonyl (C=O) groups excluding carboxylic acids is 2. The second-order valence-electron chi connectivity index (χ2n) is 6.88. The van der Waals surface area contributed by atoms with Crippen LogP contribution in [0.5, 0.6) is 5.75 Å². The highest BCUT2D eigenvalue weighted by molar-refractivity contribution is 7.98. The predicted molar refractivity (Wildman–Crippen MR) is 118 cm³/mol. The van der Waals surface area contributed by atoms with E-state index in [1.54, 1.807) is 24.0 Å². The summed E-state index contributed by atoms with van der Waals surface area (Å²) < 4.78 is 5.61. The van der Waals surface area contributed by atoms with Crippen molar-refractivity contribution in [3.63, 3.8) is 0 Å². The van der Waals surface area contributed by atoms with Gasteiger partial charge in [0.25, 0.3) is 5.91 Å². The Balaban J connectivity index is 1.25. The van der Waals surface area contributed by atoms with Gasteiger partial charge in [0, 0.05) is 40.8 Å². The second kappa shape index (κ2) is 9.45. The highest BCUT2D eigenvalue weighted by Crippen LogP contribution is 2.27. The second-order valence-corrected chi connectivity index (χ2v) is 7.93. The fraction of sp³-hybridized carbons (Fsp3) is 0.174. The number of ether oxygens (including phenoxy) is 1. The molecule has 1 aliphatic heterocycles. The summed E-state index contributed by atoms with van der Waals surface area (Å²) in [6, 6.07) is 17.1. The summed E-state index contributed by atoms with van der Waals surface area (Å²) >= 11 is 1.72. The molecule has 1 aromatic heterocycles. The third-order valence-corrected chi connectivity index (χ3v) is 5.69. The van der Waals surface area contributed by atoms with Gasteiger partial charge in [-0.3, -0.25) is 14.6 Å². The zero-order valence-electron chi connectivity index (χ0n) is 16.3. The molecule has 2 amide bonds. The summed E-state index contributed by atoms with van der Waals surface area (Å²) in [5, 5.41) is 5.67. The number of benzene rings is 2. The van der Waals surface area contributed by atoms with Crippen molar-refractivity contribution in [2.75, 3.05) is 17.2 Å². The topological polar surface area (TPSA) is 80.3 Å². The first-order valence-electron chi connectivity index (χ1n) is 9.63. The van der Waals surface area contributed by atoms with Crippen LogP contribution in [-0.4, -0.2) is 23.4 Å². The summed E-state index contributed by atoms with van der Waals surface area (Å²) in [5.74, 6) is 1.26. The minimum atomic E-state index is -0.225. The van der Waals surface area contributed by atoms with E-state index in [4.69, 9.17) is 4.74 Å². The van der Waals surface area contributed by atoms with Crippen molar-refractivity contribution in [1.29, 1.82) is 0 Å². The van der Waals surface area contributed by atoms with Gasteiger partial charge in [0.05, 0.1) is 0 Å². The van der Waals surface area contributed by atoms with Gasteiger partial charge >= 0.3 is 0 Å². The lowest BCUT2D eigenvalue weighted by Crippen LogP contribution is -2.21. The maximum Gasteiger partial charge on any atom is 0.262 e. The number of nitrogens with zero attached hydrogens (tertiary/aromatic N) is 1. The molecule has 2 heterocycles. The quantitative estimate of drug-likeness (QED) is 0.559. The molecule has 0 fully saturated rings. The molecule has 2 N–H and O–H groups in total. The van der Waals surface area contributed by atoms with Gasteiger partial charge in [-0.15, -0.1) is 11.8 Å². The molecule has 7 heteroatoms. The normalized spacial score (nSPS) is 12.6. The maximum atomic E-state index is 12.2. The number of nitrogens with one attached hydrogen (secondary N) is 2. The average molecular weight is 420 g/mol. The third-order valence-electron chi connectivity index (χ3n) is 4.61. The number of aryl methyl sites for hydroxylation is 1. The molecule has 0 bridgehead atoms. The maximum absolute atomic E-state index is 12.2. The number of carbonyl (C=O) groups is 2. The van der Waals surface area contributed by atoms with E-state index in [0.29, 0.717) is 18.6 Å². The molecule has 0 radical (unpaired) electrons. The molecular formula is C23H21N3O3S. The van der Waals surface area contributed by atoms with E-state index in [1.807, 2.05) is 54.7 Å². The molecule has 4 rings (SSSR count). The lowest BCUT2D eigenvalue weighted by atomic mass is 10.0. The molecule has 6 nitrogen and oxygen atoms in total. The van der Waals surface area contributed by atoms with Gasteiger partial charge in [-0.1, -0.05) is 6.07 Å². The van der Waals surface area contributed by atoms with Gasteiger partial charge < -0.3 is 15.4 Å². The molecule has 0 aliphatic carbocycles. The highest BCUT2D eigenvalue weighted by Gasteiger charge is 2.15. The molecule has 0 atom stereocenters. The van der Waals surface area contributed by atoms with E-state index in [-0.39, 0.29) is 18.4 Å². The number of pyridine rings is 1. The molecule has 0 saturated carbocycles. The largest absolute Gasteiger partial charge is 0.484 e. The van der Waals surface area contributed by atoms with Crippen LogP contribution in [-0.2, 0) is 21.8 Å². The van der Waals surface area contributed by atoms with E-state index in [2.05, 4.69) is 15.6 Å². The number of fused-ring (bicyclic) bond motifs is 1. The number of aromatic nitrogens is 1. The molecule has 0 saturated heterocycles. The number of rotatable bonds is 7. The summed E-state index contributed by atoms with van der Waals surface area (Å²) in [6.45, 7) is -0.0807. The van der Waals surface area contributed by atoms with E-state index >= 15 is 0 Å². The van der Waals surface area contributed by atoms with Crippen molar-refractivity contribution in [3.05, 3.63) is 78.1 Å². The van der Waals surface area contributed by atoms with E-state index < -0.39 is 0 Å². The van der Waals surface area contributed by atoms with Crippen LogP contribution in [0, 0.1) is 0 Å². The fourth-order valence-corrected chi connectivity index (χ4v) is 3.91. The van der Waals surface area contributed by atoms with Gasteiger partial charge in [-0.25, -0.2) is 0 Å². The van der Waals surface area contributed by atoms with Crippen molar-refractivity contribution < 1.29 is 14.3 Å². The molecule has 30 heavy (non-hydrogen) atoms. The van der Waals surface area contributed by atoms with E-state index in [0.717, 1.165) is 27.6 Å². The minimum absolute atomic E-state index is 0.0250. The summed E-state index contributed by atoms with van der Waals surface area (Å²) in [7, 11) is 0. The Morgan fingerprint density at radius 2 is 2.00 bits per heavy atom. The molecule has 1 aliphatic rings. The van der Waals surface area contributed by atoms with Gasteiger partial charge in [-0.05, 0) is 66.1 Å². The number of hydrogen-bond acceptors (Lipinski definition) is 5. The smallest absolute Gasteiger partial charge is 0.262 e. The molecular weight excluding hydrogens is 398 g/mol. The van der Waals surface area contributed by atoms with Crippen molar-refractivity contribution in [1.82, 2.24) is 4.98 Å². The average Bonchev–Trinajstić information content (AvgIpc) is 2.78. The first-order chi connectivity index (χ1) is 14.7. The van der Waals surface area contributed by atoms with Crippen LogP contribution in [0.15, 0.2) is 71.9 Å². The van der Waals surface area contributed by atoms with E-state index in [1.165, 1.54) is 5.56 Å². The molecule has 152 valence electrons. The Morgan fingerprint density at radius 1 is 1.13 bits per heavy atom. The van der Waals surface area contributed by atoms with Gasteiger partial charge in [0.2, 0.25) is 5.91 Å². The third kappa shape index (κ3) is 5.39. The van der Waals surface area contributed by atoms with Crippen LogP contribution in [0.4, 0.5) is 11.4 Å². The van der Waals surface area contributed by atoms with Gasteiger partial charge in [0.1, 0.15) is 5.75 Å². The van der Waals surface area contributed by atoms with Crippen LogP contribution in [0.25, 0.3) is 0 Å². The van der Waals surface area contributed by atoms with Crippen LogP contribution in [0.2, 0.25) is 0 Å². The van der Waals surface area contributed by atoms with Gasteiger partial charge in [0.15, 0.2) is 6.61 Å². The van der Waals surface area contributed by atoms with Crippen molar-refractivity contribution in [2.45, 2.75) is 23.5 Å². The zero-order valence-corrected chi connectivity index (χ0v) is 17.1. The predicted octanol–water partition coefficient (Wildman–Crippen LogP) is 4.28. The Kier molecular flexibility index (Phi) is 6.29. The molecule has 2 aromatic carbocycles. The Morgan fingerprint density at radius 3 is 2.80 bits per heavy atom. The number of thioether (sulfide) groups is 1. The number of anilines is 2. The van der Waals surface area contributed by atoms with Crippen LogP contribution in [0.1, 0.15) is 17.5 Å². The van der Waals surface area contributed by atoms with Crippen molar-refractivity contribution >= 4 is 35.0 Å². The summed E-state index contributed by atoms with van der Waals surface area (Å²) in [6.07, 6.45) is 4.77. The SMILES string of the molecule is O=C(COc1ccc2c(c1)CCC(=O)N2)Nc1ccc(SCc2cccnc2)cc1. The van der Waals surface area contributed by atoms with Crippen LogP contribution >= 0.6 is 11.8 Å². The lowest BCUT2D eigenvalue weighted by Gasteiger charge is -2.17. The minimum Gasteiger partial charge on any atom is -0.484 e. The summed E-state index contributed by atoms with van der Waals surface area (Å²) in [4.78, 5) is 28.9. The van der Waals surface area contributed by atoms with Crippen molar-refractivity contribution in [2.24, 2.45) is 0 Å². The van der Waals surface area contributed by atoms with Crippen molar-refractivity contribution in [3.8, 4) is 5.75 Å². The monoisotopic (exact) mass is 419 g/mol. The highest BCUT2D eigenvalue weighted by atomic mass is 32.2. The Labute approximate surface area is 179 Å². The van der Waals surface area contributed by atoms with E-state index in [9.17, 15) is 9.59 Å². The van der Waals surface area contributed by atoms with Crippen LogP contribution in [0.3, 0.4) is 0 Å². The number of amides is 2. The van der Waals surface area contributed by atoms with Gasteiger partial charge in [-0.2, -0.15) is 0 Å². The first kappa shape index (κ1) is 20.0. The standard InChI is InChI=1S/C23H21N3O3S/c27-22-10-3-17-12-19(6-9-21(17)26-22)29-14-23(28)25-18-4-7-20(8-5-18)30-15-16-2-1-11-24-13-16/h1-2,4-9,11-13H,3,10,14-15H2,(H,25,28)(H,26,27). The molecule has 3 aromatic rings. The zero-order chi connectivity index (χ0) is 20.8. The molecule has 0 spiro atoms. The Bertz CT molecular complexity index is 1040. The van der Waals surface area contributed by atoms with Crippen LogP contribution < -0.4 is 15.4 Å². The fourth-order valence-electron chi connectivity index (χ4n) is 3.08. The first-order valence-corrected chi connectivity index (χ1v) is 10.6. The lowest BCUT2D eigenvalue weighted by molar-refractivity contribution is -0.118.